The molecular formula is C19H25NO5. The molecule has 0 N–H and O–H groups in total. The highest BCUT2D eigenvalue weighted by Gasteiger charge is 2.68. The zero-order valence-electron chi connectivity index (χ0n) is 15.0. The van der Waals surface area contributed by atoms with Crippen molar-refractivity contribution in [2.24, 2.45) is 0 Å². The second-order valence-electron chi connectivity index (χ2n) is 7.64. The van der Waals surface area contributed by atoms with E-state index in [4.69, 9.17) is 23.7 Å². The number of methoxy groups -OCH3 is 2. The fourth-order valence-electron chi connectivity index (χ4n) is 5.63. The highest BCUT2D eigenvalue weighted by Crippen LogP contribution is 2.60. The molecule has 0 radical (unpaired) electrons. The number of hydrogen-bond donors (Lipinski definition) is 0. The van der Waals surface area contributed by atoms with Crippen LogP contribution in [0.5, 0.6) is 11.5 Å². The first kappa shape index (κ1) is 15.9. The Balaban J connectivity index is 1.70. The molecule has 1 spiro atoms. The average molecular weight is 347 g/mol. The molecule has 0 bridgehead atoms. The van der Waals surface area contributed by atoms with E-state index < -0.39 is 5.79 Å². The predicted octanol–water partition coefficient (Wildman–Crippen LogP) is 2.04. The van der Waals surface area contributed by atoms with Crippen LogP contribution in [0.3, 0.4) is 0 Å². The van der Waals surface area contributed by atoms with Crippen LogP contribution in [-0.2, 0) is 26.2 Å². The van der Waals surface area contributed by atoms with Crippen LogP contribution in [-0.4, -0.2) is 57.4 Å². The number of ether oxygens (including phenoxy) is 5. The number of nitrogens with zero attached hydrogens (tertiary/aromatic N) is 1. The predicted molar refractivity (Wildman–Crippen MR) is 89.8 cm³/mol. The van der Waals surface area contributed by atoms with Crippen molar-refractivity contribution >= 4 is 0 Å². The summed E-state index contributed by atoms with van der Waals surface area (Å²) in [7, 11) is 5.75. The minimum atomic E-state index is -0.619. The molecule has 4 aliphatic rings. The summed E-state index contributed by atoms with van der Waals surface area (Å²) in [6.45, 7) is 1.59. The molecule has 4 atom stereocenters. The van der Waals surface area contributed by atoms with Gasteiger partial charge in [-0.2, -0.15) is 0 Å². The van der Waals surface area contributed by atoms with Gasteiger partial charge in [0.1, 0.15) is 0 Å². The lowest BCUT2D eigenvalue weighted by molar-refractivity contribution is -0.267. The van der Waals surface area contributed by atoms with Crippen LogP contribution in [0.25, 0.3) is 0 Å². The minimum absolute atomic E-state index is 0.208. The molecule has 3 aliphatic heterocycles. The SMILES string of the molecule is CO[C@@H]1CC[C@@]23c4cc5c(cc4CO[C@]2(OC)CN(C)[C@H]3C1)OCO5. The largest absolute Gasteiger partial charge is 0.454 e. The van der Waals surface area contributed by atoms with Crippen molar-refractivity contribution in [3.8, 4) is 11.5 Å². The van der Waals surface area contributed by atoms with Gasteiger partial charge in [0, 0.05) is 20.3 Å². The summed E-state index contributed by atoms with van der Waals surface area (Å²) in [5.41, 5.74) is 2.28. The third-order valence-corrected chi connectivity index (χ3v) is 6.79. The molecule has 6 nitrogen and oxygen atoms in total. The highest BCUT2D eigenvalue weighted by molar-refractivity contribution is 5.54. The number of fused-ring (bicyclic) bond motifs is 2. The molecule has 5 rings (SSSR count). The third-order valence-electron chi connectivity index (χ3n) is 6.79. The summed E-state index contributed by atoms with van der Waals surface area (Å²) < 4.78 is 29.5. The number of benzene rings is 1. The summed E-state index contributed by atoms with van der Waals surface area (Å²) in [4.78, 5) is 2.38. The second-order valence-corrected chi connectivity index (χ2v) is 7.64. The van der Waals surface area contributed by atoms with Gasteiger partial charge in [-0.05, 0) is 49.6 Å². The molecule has 6 heteroatoms. The summed E-state index contributed by atoms with van der Waals surface area (Å²) in [5, 5.41) is 0. The number of rotatable bonds is 2. The van der Waals surface area contributed by atoms with Crippen molar-refractivity contribution in [2.75, 3.05) is 34.6 Å². The second kappa shape index (κ2) is 5.33. The Labute approximate surface area is 147 Å². The molecule has 0 aromatic heterocycles. The fourth-order valence-corrected chi connectivity index (χ4v) is 5.63. The Bertz CT molecular complexity index is 709. The van der Waals surface area contributed by atoms with Gasteiger partial charge in [0.2, 0.25) is 6.79 Å². The van der Waals surface area contributed by atoms with Gasteiger partial charge < -0.3 is 23.7 Å². The van der Waals surface area contributed by atoms with Gasteiger partial charge >= 0.3 is 0 Å². The molecule has 136 valence electrons. The first-order valence-electron chi connectivity index (χ1n) is 8.99. The van der Waals surface area contributed by atoms with E-state index in [1.54, 1.807) is 7.11 Å². The van der Waals surface area contributed by atoms with Crippen molar-refractivity contribution in [1.29, 1.82) is 0 Å². The van der Waals surface area contributed by atoms with E-state index in [0.29, 0.717) is 12.6 Å². The monoisotopic (exact) mass is 347 g/mol. The Hall–Kier alpha value is -1.34. The summed E-state index contributed by atoms with van der Waals surface area (Å²) in [6.07, 6.45) is 3.24. The van der Waals surface area contributed by atoms with E-state index in [1.807, 2.05) is 7.11 Å². The van der Waals surface area contributed by atoms with Gasteiger partial charge in [-0.15, -0.1) is 0 Å². The van der Waals surface area contributed by atoms with E-state index in [1.165, 1.54) is 11.1 Å². The molecule has 0 unspecified atom stereocenters. The van der Waals surface area contributed by atoms with E-state index in [9.17, 15) is 0 Å². The lowest BCUT2D eigenvalue weighted by Gasteiger charge is -2.53. The molecular weight excluding hydrogens is 322 g/mol. The molecule has 2 fully saturated rings. The maximum Gasteiger partial charge on any atom is 0.231 e. The van der Waals surface area contributed by atoms with Crippen molar-refractivity contribution in [2.45, 2.75) is 49.2 Å². The maximum atomic E-state index is 6.42. The van der Waals surface area contributed by atoms with Gasteiger partial charge in [-0.1, -0.05) is 0 Å². The van der Waals surface area contributed by atoms with Crippen LogP contribution in [0.2, 0.25) is 0 Å². The zero-order chi connectivity index (χ0) is 17.2. The summed E-state index contributed by atoms with van der Waals surface area (Å²) in [6, 6.07) is 4.57. The van der Waals surface area contributed by atoms with Crippen molar-refractivity contribution in [3.05, 3.63) is 23.3 Å². The molecule has 1 aromatic rings. The molecule has 25 heavy (non-hydrogen) atoms. The van der Waals surface area contributed by atoms with Crippen molar-refractivity contribution in [1.82, 2.24) is 4.90 Å². The quantitative estimate of drug-likeness (QED) is 0.816. The Morgan fingerprint density at radius 3 is 2.76 bits per heavy atom. The van der Waals surface area contributed by atoms with E-state index in [2.05, 4.69) is 24.1 Å². The minimum Gasteiger partial charge on any atom is -0.454 e. The van der Waals surface area contributed by atoms with Crippen molar-refractivity contribution in [3.63, 3.8) is 0 Å². The smallest absolute Gasteiger partial charge is 0.231 e. The van der Waals surface area contributed by atoms with Crippen molar-refractivity contribution < 1.29 is 23.7 Å². The molecule has 3 heterocycles. The lowest BCUT2D eigenvalue weighted by atomic mass is 9.60. The van der Waals surface area contributed by atoms with Crippen LogP contribution >= 0.6 is 0 Å². The highest BCUT2D eigenvalue weighted by atomic mass is 16.7. The van der Waals surface area contributed by atoms with Gasteiger partial charge in [-0.3, -0.25) is 4.90 Å². The van der Waals surface area contributed by atoms with Gasteiger partial charge in [0.15, 0.2) is 17.3 Å². The Kier molecular flexibility index (Phi) is 3.39. The van der Waals surface area contributed by atoms with Crippen LogP contribution in [0, 0.1) is 0 Å². The summed E-state index contributed by atoms with van der Waals surface area (Å²) in [5.74, 6) is 1.03. The van der Waals surface area contributed by atoms with Crippen LogP contribution in [0.4, 0.5) is 0 Å². The van der Waals surface area contributed by atoms with Gasteiger partial charge in [0.05, 0.1) is 24.7 Å². The molecule has 1 saturated carbocycles. The lowest BCUT2D eigenvalue weighted by Crippen LogP contribution is -2.61. The van der Waals surface area contributed by atoms with Gasteiger partial charge in [-0.25, -0.2) is 0 Å². The summed E-state index contributed by atoms with van der Waals surface area (Å²) >= 11 is 0. The van der Waals surface area contributed by atoms with Crippen LogP contribution in [0.15, 0.2) is 12.1 Å². The van der Waals surface area contributed by atoms with E-state index in [-0.39, 0.29) is 18.3 Å². The topological polar surface area (TPSA) is 49.4 Å². The normalized spacial score (nSPS) is 39.0. The molecule has 1 aliphatic carbocycles. The Morgan fingerprint density at radius 1 is 1.20 bits per heavy atom. The fraction of sp³-hybridized carbons (Fsp3) is 0.684. The molecule has 1 saturated heterocycles. The maximum absolute atomic E-state index is 6.42. The number of likely N-dealkylation sites (tertiary alicyclic amines) is 1. The van der Waals surface area contributed by atoms with Crippen LogP contribution < -0.4 is 9.47 Å². The van der Waals surface area contributed by atoms with Crippen LogP contribution in [0.1, 0.15) is 30.4 Å². The average Bonchev–Trinajstić information content (AvgIpc) is 3.20. The third kappa shape index (κ3) is 1.88. The van der Waals surface area contributed by atoms with E-state index >= 15 is 0 Å². The number of likely N-dealkylation sites (N-methyl/N-ethyl adjacent to an activating group) is 1. The number of hydrogen-bond acceptors (Lipinski definition) is 6. The van der Waals surface area contributed by atoms with Gasteiger partial charge in [0.25, 0.3) is 0 Å². The first-order valence-corrected chi connectivity index (χ1v) is 8.99. The molecule has 0 amide bonds. The Morgan fingerprint density at radius 2 is 2.00 bits per heavy atom. The standard InChI is InChI=1S/C19H25NO5/c1-20-10-19(22-3)18(5-4-13(21-2)7-17(18)20)14-8-16-15(23-11-24-16)6-12(14)9-25-19/h6,8,13,17H,4-5,7,9-11H2,1-3H3/t13-,17+,18+,19-/m1/s1. The zero-order valence-corrected chi connectivity index (χ0v) is 15.0. The molecule has 1 aromatic carbocycles. The first-order chi connectivity index (χ1) is 12.1. The van der Waals surface area contributed by atoms with E-state index in [0.717, 1.165) is 37.3 Å².